The van der Waals surface area contributed by atoms with E-state index >= 15 is 0 Å². The summed E-state index contributed by atoms with van der Waals surface area (Å²) in [5, 5.41) is 6.78. The molecule has 0 aliphatic carbocycles. The topological polar surface area (TPSA) is 112 Å². The molecule has 0 radical (unpaired) electrons. The number of rotatable bonds is 6. The first kappa shape index (κ1) is 23.7. The molecule has 11 heteroatoms. The number of anilines is 1. The second kappa shape index (κ2) is 9.78. The molecule has 1 amide bonds. The Balaban J connectivity index is 1.30. The average Bonchev–Trinajstić information content (AvgIpc) is 3.17. The molecular formula is C22H32N6O4S. The SMILES string of the molecule is Cc1noc(C)c1S(=O)(=O)N1CCC(C(=O)NCc2ccnc(N3CCN(C)CC3)c2)CC1. The molecule has 2 aromatic heterocycles. The van der Waals surface area contributed by atoms with Crippen LogP contribution < -0.4 is 10.2 Å². The fraction of sp³-hybridized carbons (Fsp3) is 0.591. The second-order valence-electron chi connectivity index (χ2n) is 8.86. The lowest BCUT2D eigenvalue weighted by Gasteiger charge is -2.33. The number of hydrogen-bond donors (Lipinski definition) is 1. The highest BCUT2D eigenvalue weighted by atomic mass is 32.2. The summed E-state index contributed by atoms with van der Waals surface area (Å²) < 4.78 is 32.4. The van der Waals surface area contributed by atoms with E-state index in [1.165, 1.54) is 4.31 Å². The highest BCUT2D eigenvalue weighted by molar-refractivity contribution is 7.89. The van der Waals surface area contributed by atoms with Crippen LogP contribution in [-0.4, -0.2) is 80.0 Å². The molecule has 1 N–H and O–H groups in total. The molecule has 2 aliphatic heterocycles. The van der Waals surface area contributed by atoms with Crippen molar-refractivity contribution in [1.82, 2.24) is 24.7 Å². The van der Waals surface area contributed by atoms with Gasteiger partial charge in [-0.1, -0.05) is 5.16 Å². The number of nitrogens with zero attached hydrogens (tertiary/aromatic N) is 5. The number of sulfonamides is 1. The summed E-state index contributed by atoms with van der Waals surface area (Å²) in [7, 11) is -1.55. The largest absolute Gasteiger partial charge is 0.360 e. The van der Waals surface area contributed by atoms with Crippen molar-refractivity contribution in [3.63, 3.8) is 0 Å². The van der Waals surface area contributed by atoms with Crippen LogP contribution in [-0.2, 0) is 21.4 Å². The normalized spacial score (nSPS) is 19.1. The quantitative estimate of drug-likeness (QED) is 0.661. The standard InChI is InChI=1S/C22H32N6O4S/c1-16-21(17(2)32-25-16)33(30,31)28-8-5-19(6-9-28)22(29)24-15-18-4-7-23-20(14-18)27-12-10-26(3)11-13-27/h4,7,14,19H,5-6,8-13,15H2,1-3H3,(H,24,29). The third kappa shape index (κ3) is 5.20. The third-order valence-electron chi connectivity index (χ3n) is 6.49. The molecule has 0 bridgehead atoms. The Morgan fingerprint density at radius 3 is 2.48 bits per heavy atom. The number of pyridine rings is 1. The second-order valence-corrected chi connectivity index (χ2v) is 10.7. The van der Waals surface area contributed by atoms with Crippen LogP contribution in [0.25, 0.3) is 0 Å². The summed E-state index contributed by atoms with van der Waals surface area (Å²) in [6.45, 7) is 8.14. The van der Waals surface area contributed by atoms with Crippen LogP contribution in [0.15, 0.2) is 27.7 Å². The van der Waals surface area contributed by atoms with Gasteiger partial charge in [-0.2, -0.15) is 4.31 Å². The van der Waals surface area contributed by atoms with E-state index in [9.17, 15) is 13.2 Å². The van der Waals surface area contributed by atoms with Crippen LogP contribution in [0.5, 0.6) is 0 Å². The summed E-state index contributed by atoms with van der Waals surface area (Å²) in [5.41, 5.74) is 1.37. The summed E-state index contributed by atoms with van der Waals surface area (Å²) in [6, 6.07) is 3.95. The van der Waals surface area contributed by atoms with Gasteiger partial charge in [0, 0.05) is 57.9 Å². The Kier molecular flexibility index (Phi) is 7.01. The maximum atomic E-state index is 13.0. The molecule has 0 aromatic carbocycles. The number of piperidine rings is 1. The van der Waals surface area contributed by atoms with Crippen molar-refractivity contribution in [2.45, 2.75) is 38.1 Å². The minimum Gasteiger partial charge on any atom is -0.360 e. The van der Waals surface area contributed by atoms with Gasteiger partial charge in [-0.3, -0.25) is 4.79 Å². The van der Waals surface area contributed by atoms with Crippen LogP contribution in [0.2, 0.25) is 0 Å². The Morgan fingerprint density at radius 2 is 1.85 bits per heavy atom. The molecule has 10 nitrogen and oxygen atoms in total. The van der Waals surface area contributed by atoms with Crippen molar-refractivity contribution in [2.24, 2.45) is 5.92 Å². The van der Waals surface area contributed by atoms with Crippen molar-refractivity contribution >= 4 is 21.7 Å². The number of likely N-dealkylation sites (N-methyl/N-ethyl adjacent to an activating group) is 1. The van der Waals surface area contributed by atoms with Gasteiger partial charge in [-0.25, -0.2) is 13.4 Å². The smallest absolute Gasteiger partial charge is 0.248 e. The summed E-state index contributed by atoms with van der Waals surface area (Å²) in [4.78, 5) is 21.9. The number of nitrogens with one attached hydrogen (secondary N) is 1. The first-order valence-electron chi connectivity index (χ1n) is 11.3. The first-order valence-corrected chi connectivity index (χ1v) is 12.8. The van der Waals surface area contributed by atoms with Crippen molar-refractivity contribution < 1.29 is 17.7 Å². The van der Waals surface area contributed by atoms with E-state index in [0.717, 1.165) is 37.6 Å². The van der Waals surface area contributed by atoms with Crippen LogP contribution in [0.1, 0.15) is 29.9 Å². The van der Waals surface area contributed by atoms with Crippen LogP contribution in [0, 0.1) is 19.8 Å². The number of carbonyl (C=O) groups excluding carboxylic acids is 1. The van der Waals surface area contributed by atoms with Gasteiger partial charge in [0.15, 0.2) is 5.76 Å². The molecule has 2 aliphatic rings. The van der Waals surface area contributed by atoms with Crippen LogP contribution >= 0.6 is 0 Å². The lowest BCUT2D eigenvalue weighted by molar-refractivity contribution is -0.126. The van der Waals surface area contributed by atoms with Gasteiger partial charge < -0.3 is 19.6 Å². The van der Waals surface area contributed by atoms with Gasteiger partial charge in [0.1, 0.15) is 16.4 Å². The lowest BCUT2D eigenvalue weighted by Crippen LogP contribution is -2.44. The fourth-order valence-corrected chi connectivity index (χ4v) is 6.20. The average molecular weight is 477 g/mol. The van der Waals surface area contributed by atoms with Gasteiger partial charge in [0.2, 0.25) is 15.9 Å². The molecule has 2 fully saturated rings. The van der Waals surface area contributed by atoms with E-state index in [1.807, 2.05) is 12.1 Å². The molecule has 4 rings (SSSR count). The van der Waals surface area contributed by atoms with Crippen LogP contribution in [0.4, 0.5) is 5.82 Å². The molecule has 0 saturated carbocycles. The van der Waals surface area contributed by atoms with Crippen LogP contribution in [0.3, 0.4) is 0 Å². The zero-order valence-electron chi connectivity index (χ0n) is 19.5. The Bertz CT molecular complexity index is 1070. The van der Waals surface area contributed by atoms with E-state index in [2.05, 4.69) is 32.3 Å². The Morgan fingerprint density at radius 1 is 1.15 bits per heavy atom. The molecule has 33 heavy (non-hydrogen) atoms. The van der Waals surface area contributed by atoms with Gasteiger partial charge in [-0.05, 0) is 51.4 Å². The molecule has 0 spiro atoms. The van der Waals surface area contributed by atoms with E-state index in [0.29, 0.717) is 43.9 Å². The number of piperazine rings is 1. The minimum absolute atomic E-state index is 0.0395. The van der Waals surface area contributed by atoms with Crippen molar-refractivity contribution in [3.05, 3.63) is 35.3 Å². The van der Waals surface area contributed by atoms with Crippen molar-refractivity contribution in [1.29, 1.82) is 0 Å². The zero-order valence-corrected chi connectivity index (χ0v) is 20.3. The Hall–Kier alpha value is -2.50. The molecule has 2 aromatic rings. The van der Waals surface area contributed by atoms with E-state index in [-0.39, 0.29) is 16.7 Å². The number of amides is 1. The lowest BCUT2D eigenvalue weighted by atomic mass is 9.97. The van der Waals surface area contributed by atoms with E-state index in [1.54, 1.807) is 20.0 Å². The predicted octanol–water partition coefficient (Wildman–Crippen LogP) is 1.16. The van der Waals surface area contributed by atoms with Gasteiger partial charge in [0.25, 0.3) is 0 Å². The maximum absolute atomic E-state index is 13.0. The minimum atomic E-state index is -3.67. The van der Waals surface area contributed by atoms with Gasteiger partial charge in [0.05, 0.1) is 0 Å². The molecular weight excluding hydrogens is 444 g/mol. The van der Waals surface area contributed by atoms with E-state index in [4.69, 9.17) is 4.52 Å². The Labute approximate surface area is 195 Å². The number of aromatic nitrogens is 2. The van der Waals surface area contributed by atoms with Crippen molar-refractivity contribution in [3.8, 4) is 0 Å². The zero-order chi connectivity index (χ0) is 23.6. The van der Waals surface area contributed by atoms with Gasteiger partial charge in [-0.15, -0.1) is 0 Å². The first-order chi connectivity index (χ1) is 15.8. The molecule has 0 unspecified atom stereocenters. The highest BCUT2D eigenvalue weighted by Crippen LogP contribution is 2.27. The molecule has 0 atom stereocenters. The summed E-state index contributed by atoms with van der Waals surface area (Å²) >= 11 is 0. The molecule has 2 saturated heterocycles. The monoisotopic (exact) mass is 476 g/mol. The summed E-state index contributed by atoms with van der Waals surface area (Å²) in [5.74, 6) is 0.982. The highest BCUT2D eigenvalue weighted by Gasteiger charge is 2.35. The predicted molar refractivity (Wildman–Crippen MR) is 123 cm³/mol. The van der Waals surface area contributed by atoms with E-state index < -0.39 is 10.0 Å². The van der Waals surface area contributed by atoms with Crippen molar-refractivity contribution in [2.75, 3.05) is 51.2 Å². The van der Waals surface area contributed by atoms with Gasteiger partial charge >= 0.3 is 0 Å². The molecule has 180 valence electrons. The number of aryl methyl sites for hydroxylation is 2. The molecule has 4 heterocycles. The maximum Gasteiger partial charge on any atom is 0.248 e. The third-order valence-corrected chi connectivity index (χ3v) is 8.64. The fourth-order valence-electron chi connectivity index (χ4n) is 4.44. The summed E-state index contributed by atoms with van der Waals surface area (Å²) in [6.07, 6.45) is 2.75. The number of hydrogen-bond acceptors (Lipinski definition) is 8. The number of carbonyl (C=O) groups is 1.